The summed E-state index contributed by atoms with van der Waals surface area (Å²) in [6.07, 6.45) is -0.0648. The van der Waals surface area contributed by atoms with Gasteiger partial charge in [-0.25, -0.2) is 19.2 Å². The van der Waals surface area contributed by atoms with Crippen LogP contribution in [0.1, 0.15) is 36.0 Å². The van der Waals surface area contributed by atoms with E-state index in [2.05, 4.69) is 15.6 Å². The Morgan fingerprint density at radius 2 is 1.59 bits per heavy atom. The molecule has 1 saturated carbocycles. The van der Waals surface area contributed by atoms with Gasteiger partial charge in [-0.2, -0.15) is 18.2 Å². The average Bonchev–Trinajstić information content (AvgIpc) is 2.99. The van der Waals surface area contributed by atoms with E-state index in [4.69, 9.17) is 24.6 Å². The molecule has 1 amide bonds. The molecule has 1 aliphatic rings. The second kappa shape index (κ2) is 14.0. The third kappa shape index (κ3) is 8.75. The number of hydrogen-bond donors (Lipinski definition) is 3. The van der Waals surface area contributed by atoms with Crippen LogP contribution in [0, 0.1) is 5.82 Å². The van der Waals surface area contributed by atoms with Gasteiger partial charge in [0.1, 0.15) is 17.4 Å². The summed E-state index contributed by atoms with van der Waals surface area (Å²) in [6, 6.07) is 17.2. The number of aromatic nitrogens is 3. The molecule has 1 aliphatic carbocycles. The number of fused-ring (bicyclic) bond motifs is 1. The third-order valence-electron chi connectivity index (χ3n) is 6.68. The number of benzene rings is 2. The van der Waals surface area contributed by atoms with Crippen molar-refractivity contribution in [1.29, 1.82) is 0 Å². The monoisotopic (exact) mass is 614 g/mol. The SMILES string of the molecule is CN(C)c1nc(NC2CCC(NC(=O)c3ccnc(Oc4ccc(F)cc4)c3)CC2)nc2ccccc12.O=C(O)C(F)(F)F. The molecule has 5 rings (SSSR count). The number of rotatable bonds is 7. The lowest BCUT2D eigenvalue weighted by atomic mass is 9.91. The van der Waals surface area contributed by atoms with Crippen molar-refractivity contribution in [2.45, 2.75) is 43.9 Å². The molecular formula is C30H30F4N6O4. The van der Waals surface area contributed by atoms with E-state index in [0.29, 0.717) is 17.3 Å². The van der Waals surface area contributed by atoms with Gasteiger partial charge in [0.15, 0.2) is 0 Å². The maximum Gasteiger partial charge on any atom is 0.490 e. The molecule has 1 fully saturated rings. The molecule has 0 unspecified atom stereocenters. The number of carboxylic acid groups (broad SMARTS) is 1. The van der Waals surface area contributed by atoms with Crippen LogP contribution < -0.4 is 20.3 Å². The molecule has 3 N–H and O–H groups in total. The molecule has 0 aliphatic heterocycles. The van der Waals surface area contributed by atoms with Crippen LogP contribution in [0.3, 0.4) is 0 Å². The Kier molecular flexibility index (Phi) is 10.1. The third-order valence-corrected chi connectivity index (χ3v) is 6.68. The highest BCUT2D eigenvalue weighted by Gasteiger charge is 2.38. The van der Waals surface area contributed by atoms with E-state index >= 15 is 0 Å². The average molecular weight is 615 g/mol. The zero-order valence-electron chi connectivity index (χ0n) is 23.8. The Morgan fingerprint density at radius 1 is 0.955 bits per heavy atom. The predicted octanol–water partition coefficient (Wildman–Crippen LogP) is 5.81. The fraction of sp³-hybridized carbons (Fsp3) is 0.300. The molecule has 0 atom stereocenters. The smallest absolute Gasteiger partial charge is 0.475 e. The Morgan fingerprint density at radius 3 is 2.23 bits per heavy atom. The van der Waals surface area contributed by atoms with Crippen LogP contribution in [0.5, 0.6) is 11.6 Å². The van der Waals surface area contributed by atoms with Crippen molar-refractivity contribution >= 4 is 34.5 Å². The van der Waals surface area contributed by atoms with Crippen LogP contribution in [0.15, 0.2) is 66.9 Å². The van der Waals surface area contributed by atoms with Crippen LogP contribution in [-0.2, 0) is 4.79 Å². The van der Waals surface area contributed by atoms with Gasteiger partial charge in [-0.1, -0.05) is 12.1 Å². The van der Waals surface area contributed by atoms with E-state index in [9.17, 15) is 22.4 Å². The largest absolute Gasteiger partial charge is 0.490 e. The Balaban J connectivity index is 0.000000566. The lowest BCUT2D eigenvalue weighted by molar-refractivity contribution is -0.192. The van der Waals surface area contributed by atoms with Crippen LogP contribution in [0.2, 0.25) is 0 Å². The van der Waals surface area contributed by atoms with E-state index in [1.165, 1.54) is 30.5 Å². The number of carboxylic acids is 1. The van der Waals surface area contributed by atoms with Gasteiger partial charge in [-0.05, 0) is 68.1 Å². The van der Waals surface area contributed by atoms with Crippen molar-refractivity contribution < 1.29 is 37.0 Å². The van der Waals surface area contributed by atoms with Gasteiger partial charge in [0, 0.05) is 49.4 Å². The number of carbonyl (C=O) groups is 2. The van der Waals surface area contributed by atoms with Crippen molar-refractivity contribution in [2.75, 3.05) is 24.3 Å². The van der Waals surface area contributed by atoms with Crippen LogP contribution >= 0.6 is 0 Å². The number of hydrogen-bond acceptors (Lipinski definition) is 8. The maximum absolute atomic E-state index is 13.1. The molecule has 44 heavy (non-hydrogen) atoms. The van der Waals surface area contributed by atoms with E-state index in [1.54, 1.807) is 12.1 Å². The highest BCUT2D eigenvalue weighted by Crippen LogP contribution is 2.27. The molecule has 14 heteroatoms. The summed E-state index contributed by atoms with van der Waals surface area (Å²) >= 11 is 0. The number of para-hydroxylation sites is 1. The molecular weight excluding hydrogens is 584 g/mol. The van der Waals surface area contributed by atoms with E-state index in [1.807, 2.05) is 43.3 Å². The number of alkyl halides is 3. The van der Waals surface area contributed by atoms with Gasteiger partial charge in [0.25, 0.3) is 5.91 Å². The number of nitrogens with zero attached hydrogens (tertiary/aromatic N) is 4. The molecule has 0 spiro atoms. The zero-order valence-corrected chi connectivity index (χ0v) is 23.8. The first kappa shape index (κ1) is 31.9. The van der Waals surface area contributed by atoms with Gasteiger partial charge in [0.05, 0.1) is 5.52 Å². The zero-order chi connectivity index (χ0) is 31.9. The quantitative estimate of drug-likeness (QED) is 0.221. The normalized spacial score (nSPS) is 16.3. The van der Waals surface area contributed by atoms with Gasteiger partial charge in [-0.15, -0.1) is 0 Å². The minimum absolute atomic E-state index is 0.0787. The molecule has 232 valence electrons. The van der Waals surface area contributed by atoms with Crippen molar-refractivity contribution in [3.05, 3.63) is 78.2 Å². The number of pyridine rings is 1. The summed E-state index contributed by atoms with van der Waals surface area (Å²) in [6.45, 7) is 0. The molecule has 2 aromatic heterocycles. The van der Waals surface area contributed by atoms with E-state index in [0.717, 1.165) is 42.4 Å². The molecule has 2 aromatic carbocycles. The van der Waals surface area contributed by atoms with E-state index < -0.39 is 12.1 Å². The second-order valence-corrected chi connectivity index (χ2v) is 10.2. The highest BCUT2D eigenvalue weighted by molar-refractivity contribution is 5.94. The van der Waals surface area contributed by atoms with Gasteiger partial charge < -0.3 is 25.4 Å². The standard InChI is InChI=1S/C28H29FN6O2.C2HF3O2/c1-35(2)26-23-5-3-4-6-24(23)33-28(34-26)32-21-11-9-20(10-12-21)31-27(36)18-15-16-30-25(17-18)37-22-13-7-19(29)8-14-22;3-2(4,5)1(6)7/h3-8,13-17,20-21H,9-12H2,1-2H3,(H,31,36)(H,32,33,34);(H,6,7). The number of ether oxygens (including phenoxy) is 1. The Labute approximate surface area is 250 Å². The summed E-state index contributed by atoms with van der Waals surface area (Å²) in [7, 11) is 3.96. The molecule has 0 radical (unpaired) electrons. The second-order valence-electron chi connectivity index (χ2n) is 10.2. The summed E-state index contributed by atoms with van der Waals surface area (Å²) in [5, 5.41) is 14.8. The lowest BCUT2D eigenvalue weighted by Gasteiger charge is -2.30. The number of aliphatic carboxylic acids is 1. The molecule has 0 saturated heterocycles. The predicted molar refractivity (Wildman–Crippen MR) is 155 cm³/mol. The summed E-state index contributed by atoms with van der Waals surface area (Å²) in [5.74, 6) is -1.04. The van der Waals surface area contributed by atoms with Gasteiger partial charge in [0.2, 0.25) is 11.8 Å². The summed E-state index contributed by atoms with van der Waals surface area (Å²) < 4.78 is 50.5. The first-order chi connectivity index (χ1) is 20.9. The molecule has 2 heterocycles. The van der Waals surface area contributed by atoms with Crippen LogP contribution in [-0.4, -0.2) is 64.3 Å². The first-order valence-electron chi connectivity index (χ1n) is 13.6. The number of anilines is 2. The van der Waals surface area contributed by atoms with Crippen LogP contribution in [0.25, 0.3) is 10.9 Å². The minimum Gasteiger partial charge on any atom is -0.475 e. The first-order valence-corrected chi connectivity index (χ1v) is 13.6. The Hall–Kier alpha value is -5.01. The summed E-state index contributed by atoms with van der Waals surface area (Å²) in [5.41, 5.74) is 1.37. The van der Waals surface area contributed by atoms with E-state index in [-0.39, 0.29) is 29.7 Å². The van der Waals surface area contributed by atoms with Crippen molar-refractivity contribution in [1.82, 2.24) is 20.3 Å². The molecule has 4 aromatic rings. The number of amides is 1. The Bertz CT molecular complexity index is 1590. The molecule has 0 bridgehead atoms. The van der Waals surface area contributed by atoms with Gasteiger partial charge >= 0.3 is 12.1 Å². The topological polar surface area (TPSA) is 130 Å². The van der Waals surface area contributed by atoms with Crippen LogP contribution in [0.4, 0.5) is 29.3 Å². The number of carbonyl (C=O) groups excluding carboxylic acids is 1. The highest BCUT2D eigenvalue weighted by atomic mass is 19.4. The molecule has 10 nitrogen and oxygen atoms in total. The lowest BCUT2D eigenvalue weighted by Crippen LogP contribution is -2.40. The fourth-order valence-corrected chi connectivity index (χ4v) is 4.53. The fourth-order valence-electron chi connectivity index (χ4n) is 4.53. The maximum atomic E-state index is 13.1. The van der Waals surface area contributed by atoms with Crippen molar-refractivity contribution in [2.24, 2.45) is 0 Å². The minimum atomic E-state index is -5.08. The van der Waals surface area contributed by atoms with Gasteiger partial charge in [-0.3, -0.25) is 4.79 Å². The number of halogens is 4. The summed E-state index contributed by atoms with van der Waals surface area (Å²) in [4.78, 5) is 37.4. The van der Waals surface area contributed by atoms with Crippen molar-refractivity contribution in [3.8, 4) is 11.6 Å². The van der Waals surface area contributed by atoms with Crippen molar-refractivity contribution in [3.63, 3.8) is 0 Å². The number of nitrogens with one attached hydrogen (secondary N) is 2.